The maximum absolute atomic E-state index is 5.49. The molecule has 7 heteroatoms. The number of hydrogen-bond acceptors (Lipinski definition) is 4. The van der Waals surface area contributed by atoms with E-state index in [0.29, 0.717) is 17.4 Å². The van der Waals surface area contributed by atoms with E-state index in [2.05, 4.69) is 202 Å². The normalized spacial score (nSPS) is 12.3. The third kappa shape index (κ3) is 5.64. The summed E-state index contributed by atoms with van der Waals surface area (Å²) in [4.78, 5) is 18.6. The van der Waals surface area contributed by atoms with E-state index in [-0.39, 0.29) is 0 Å². The summed E-state index contributed by atoms with van der Waals surface area (Å²) in [5.74, 6) is 1.26. The number of hydrogen-bond donors (Lipinski definition) is 0. The molecular formula is C57H37BN6. The smallest absolute Gasteiger partial charge is 0.373 e. The van der Waals surface area contributed by atoms with Gasteiger partial charge in [0, 0.05) is 61.0 Å². The second-order valence-corrected chi connectivity index (χ2v) is 16.4. The topological polar surface area (TPSA) is 51.8 Å². The molecule has 9 aromatic carbocycles. The van der Waals surface area contributed by atoms with Crippen molar-refractivity contribution in [3.05, 3.63) is 224 Å². The van der Waals surface area contributed by atoms with Gasteiger partial charge in [-0.25, -0.2) is 15.0 Å². The minimum absolute atomic E-state index is 0.462. The minimum Gasteiger partial charge on any atom is -0.374 e. The van der Waals surface area contributed by atoms with Crippen LogP contribution in [0.25, 0.3) is 88.9 Å². The lowest BCUT2D eigenvalue weighted by Crippen LogP contribution is -2.59. The zero-order chi connectivity index (χ0) is 42.1. The Morgan fingerprint density at radius 2 is 0.750 bits per heavy atom. The van der Waals surface area contributed by atoms with E-state index in [4.69, 9.17) is 15.0 Å². The third-order valence-corrected chi connectivity index (χ3v) is 12.8. The van der Waals surface area contributed by atoms with Crippen LogP contribution < -0.4 is 16.0 Å². The van der Waals surface area contributed by atoms with Crippen LogP contribution in [0.5, 0.6) is 0 Å². The standard InChI is InChI=1S/C57H37BN6/c1-6-20-38(21-7-1)55-59-56(39-22-8-2-9-23-39)61-57(60-55)58-49-36-52-46(43-30-16-18-32-50(43)62(52)40-24-10-3-11-25-40)34-45(49)48-35-47-44-31-17-19-33-51(44)63(41-26-12-4-13-27-41)53(47)37-54(48)64(58)42-28-14-5-15-29-42/h1-37H. The Kier molecular flexibility index (Phi) is 8.21. The van der Waals surface area contributed by atoms with Crippen molar-refractivity contribution < 1.29 is 0 Å². The Balaban J connectivity index is 1.20. The number of aromatic nitrogens is 5. The zero-order valence-electron chi connectivity index (χ0n) is 34.6. The van der Waals surface area contributed by atoms with Gasteiger partial charge in [-0.1, -0.05) is 152 Å². The summed E-state index contributed by atoms with van der Waals surface area (Å²) in [5, 5.41) is 4.79. The Bertz CT molecular complexity index is 3660. The van der Waals surface area contributed by atoms with E-state index in [1.807, 2.05) is 36.4 Å². The molecule has 6 nitrogen and oxygen atoms in total. The van der Waals surface area contributed by atoms with Crippen LogP contribution in [-0.2, 0) is 0 Å². The molecule has 1 aliphatic rings. The quantitative estimate of drug-likeness (QED) is 0.157. The highest BCUT2D eigenvalue weighted by atomic mass is 15.1. The SMILES string of the molecule is c1ccc(-c2nc(B3c4cc5c(cc4-c4cc6c7ccccc7n(-c7ccccc7)c6cc4N3c3ccccc3)c3ccccc3n5-c3ccccc3)nc(-c3ccccc3)n2)cc1. The Labute approximate surface area is 370 Å². The fraction of sp³-hybridized carbons (Fsp3) is 0. The van der Waals surface area contributed by atoms with E-state index < -0.39 is 6.85 Å². The maximum atomic E-state index is 5.49. The van der Waals surface area contributed by atoms with Gasteiger partial charge in [-0.05, 0) is 83.8 Å². The monoisotopic (exact) mass is 816 g/mol. The molecule has 3 aromatic heterocycles. The highest BCUT2D eigenvalue weighted by Gasteiger charge is 2.41. The first-order chi connectivity index (χ1) is 31.8. The van der Waals surface area contributed by atoms with Crippen molar-refractivity contribution in [1.82, 2.24) is 24.1 Å². The summed E-state index contributed by atoms with van der Waals surface area (Å²) in [7, 11) is 0. The van der Waals surface area contributed by atoms with Crippen molar-refractivity contribution in [2.75, 3.05) is 4.81 Å². The molecule has 0 N–H and O–H groups in total. The molecule has 0 unspecified atom stereocenters. The summed E-state index contributed by atoms with van der Waals surface area (Å²) < 4.78 is 4.80. The number of nitrogens with zero attached hydrogens (tertiary/aromatic N) is 6. The van der Waals surface area contributed by atoms with Crippen molar-refractivity contribution >= 4 is 73.0 Å². The van der Waals surface area contributed by atoms with Crippen LogP contribution >= 0.6 is 0 Å². The van der Waals surface area contributed by atoms with Crippen molar-refractivity contribution in [3.8, 4) is 45.3 Å². The van der Waals surface area contributed by atoms with Gasteiger partial charge in [0.05, 0.1) is 22.1 Å². The molecule has 64 heavy (non-hydrogen) atoms. The van der Waals surface area contributed by atoms with Gasteiger partial charge in [-0.2, -0.15) is 0 Å². The van der Waals surface area contributed by atoms with E-state index in [0.717, 1.165) is 72.5 Å². The van der Waals surface area contributed by atoms with E-state index in [1.165, 1.54) is 21.5 Å². The lowest BCUT2D eigenvalue weighted by molar-refractivity contribution is 1.10. The van der Waals surface area contributed by atoms with Crippen LogP contribution in [0, 0.1) is 0 Å². The van der Waals surface area contributed by atoms with Crippen LogP contribution in [0.3, 0.4) is 0 Å². The first-order valence-electron chi connectivity index (χ1n) is 21.7. The molecule has 298 valence electrons. The molecule has 0 fully saturated rings. The van der Waals surface area contributed by atoms with Gasteiger partial charge in [-0.3, -0.25) is 0 Å². The fourth-order valence-electron chi connectivity index (χ4n) is 9.98. The highest BCUT2D eigenvalue weighted by molar-refractivity contribution is 6.90. The Morgan fingerprint density at radius 1 is 0.328 bits per heavy atom. The molecule has 1 aliphatic heterocycles. The average Bonchev–Trinajstić information content (AvgIpc) is 3.87. The van der Waals surface area contributed by atoms with Crippen LogP contribution in [-0.4, -0.2) is 30.9 Å². The second-order valence-electron chi connectivity index (χ2n) is 16.4. The predicted molar refractivity (Wildman–Crippen MR) is 265 cm³/mol. The van der Waals surface area contributed by atoms with Gasteiger partial charge < -0.3 is 13.9 Å². The van der Waals surface area contributed by atoms with E-state index in [1.54, 1.807) is 0 Å². The molecule has 0 radical (unpaired) electrons. The Hall–Kier alpha value is -8.55. The number of benzene rings is 9. The van der Waals surface area contributed by atoms with Crippen LogP contribution in [0.2, 0.25) is 0 Å². The number of fused-ring (bicyclic) bond motifs is 9. The highest BCUT2D eigenvalue weighted by Crippen LogP contribution is 2.46. The lowest BCUT2D eigenvalue weighted by atomic mass is 9.49. The van der Waals surface area contributed by atoms with Gasteiger partial charge in [0.25, 0.3) is 0 Å². The molecule has 12 aromatic rings. The van der Waals surface area contributed by atoms with Crippen LogP contribution in [0.1, 0.15) is 0 Å². The summed E-state index contributed by atoms with van der Waals surface area (Å²) in [6.07, 6.45) is 0. The van der Waals surface area contributed by atoms with Crippen molar-refractivity contribution in [2.24, 2.45) is 0 Å². The molecule has 0 saturated heterocycles. The molecule has 0 bridgehead atoms. The van der Waals surface area contributed by atoms with Gasteiger partial charge >= 0.3 is 6.85 Å². The molecule has 0 amide bonds. The molecule has 4 heterocycles. The van der Waals surface area contributed by atoms with Gasteiger partial charge in [-0.15, -0.1) is 0 Å². The van der Waals surface area contributed by atoms with Crippen molar-refractivity contribution in [3.63, 3.8) is 0 Å². The minimum atomic E-state index is -0.462. The van der Waals surface area contributed by atoms with Crippen LogP contribution in [0.4, 0.5) is 11.4 Å². The predicted octanol–water partition coefficient (Wildman–Crippen LogP) is 12.3. The molecule has 0 aliphatic carbocycles. The van der Waals surface area contributed by atoms with E-state index in [9.17, 15) is 0 Å². The molecular weight excluding hydrogens is 779 g/mol. The lowest BCUT2D eigenvalue weighted by Gasteiger charge is -2.38. The summed E-state index contributed by atoms with van der Waals surface area (Å²) >= 11 is 0. The van der Waals surface area contributed by atoms with Gasteiger partial charge in [0.2, 0.25) is 0 Å². The average molecular weight is 817 g/mol. The summed E-state index contributed by atoms with van der Waals surface area (Å²) in [6, 6.07) is 79.8. The molecule has 0 saturated carbocycles. The first-order valence-corrected chi connectivity index (χ1v) is 21.7. The molecule has 0 atom stereocenters. The third-order valence-electron chi connectivity index (χ3n) is 12.8. The number of para-hydroxylation sites is 5. The largest absolute Gasteiger partial charge is 0.374 e. The number of anilines is 2. The maximum Gasteiger partial charge on any atom is 0.373 e. The van der Waals surface area contributed by atoms with Crippen LogP contribution in [0.15, 0.2) is 224 Å². The second kappa shape index (κ2) is 14.5. The van der Waals surface area contributed by atoms with Crippen molar-refractivity contribution in [2.45, 2.75) is 0 Å². The molecule has 0 spiro atoms. The van der Waals surface area contributed by atoms with Gasteiger partial charge in [0.15, 0.2) is 11.6 Å². The fourth-order valence-corrected chi connectivity index (χ4v) is 9.98. The van der Waals surface area contributed by atoms with Crippen molar-refractivity contribution in [1.29, 1.82) is 0 Å². The molecule has 13 rings (SSSR count). The Morgan fingerprint density at radius 3 is 1.27 bits per heavy atom. The summed E-state index contributed by atoms with van der Waals surface area (Å²) in [6.45, 7) is -0.462. The first kappa shape index (κ1) is 36.1. The number of rotatable bonds is 6. The van der Waals surface area contributed by atoms with Gasteiger partial charge in [0.1, 0.15) is 5.72 Å². The zero-order valence-corrected chi connectivity index (χ0v) is 34.6. The van der Waals surface area contributed by atoms with E-state index >= 15 is 0 Å². The summed E-state index contributed by atoms with van der Waals surface area (Å²) in [5.41, 5.74) is 14.8.